The maximum absolute atomic E-state index is 7.64. The molecule has 0 fully saturated rings. The number of rotatable bonds is 1. The van der Waals surface area contributed by atoms with E-state index in [-0.39, 0.29) is 10.8 Å². The fourth-order valence-corrected chi connectivity index (χ4v) is 3.86. The van der Waals surface area contributed by atoms with Crippen LogP contribution in [0.3, 0.4) is 0 Å². The number of nitrogens with zero attached hydrogens (tertiary/aromatic N) is 1. The summed E-state index contributed by atoms with van der Waals surface area (Å²) in [5.41, 5.74) is 6.83. The summed E-state index contributed by atoms with van der Waals surface area (Å²) in [6, 6.07) is 7.83. The molecular formula is C22H30N+. The highest BCUT2D eigenvalue weighted by Crippen LogP contribution is 2.46. The van der Waals surface area contributed by atoms with E-state index in [0.29, 0.717) is 5.56 Å². The van der Waals surface area contributed by atoms with Gasteiger partial charge >= 0.3 is 0 Å². The van der Waals surface area contributed by atoms with Crippen molar-refractivity contribution < 1.29 is 8.68 Å². The molecule has 1 aliphatic rings. The number of hydrogen-bond donors (Lipinski definition) is 0. The minimum atomic E-state index is -2.06. The van der Waals surface area contributed by atoms with Crippen molar-refractivity contribution >= 4 is 0 Å². The zero-order valence-electron chi connectivity index (χ0n) is 18.2. The summed E-state index contributed by atoms with van der Waals surface area (Å²) in [4.78, 5) is 0. The number of aryl methyl sites for hydroxylation is 3. The van der Waals surface area contributed by atoms with Crippen LogP contribution < -0.4 is 4.57 Å². The van der Waals surface area contributed by atoms with E-state index < -0.39 is 6.85 Å². The first kappa shape index (κ1) is 12.8. The summed E-state index contributed by atoms with van der Waals surface area (Å²) in [7, 11) is 2.09. The first-order chi connectivity index (χ1) is 11.8. The van der Waals surface area contributed by atoms with Gasteiger partial charge in [-0.05, 0) is 54.6 Å². The van der Waals surface area contributed by atoms with E-state index in [1.54, 1.807) is 12.1 Å². The van der Waals surface area contributed by atoms with Gasteiger partial charge in [0.15, 0.2) is 6.20 Å². The monoisotopic (exact) mass is 311 g/mol. The molecule has 3 rings (SSSR count). The van der Waals surface area contributed by atoms with Crippen LogP contribution in [-0.4, -0.2) is 0 Å². The average molecular weight is 312 g/mol. The predicted octanol–water partition coefficient (Wildman–Crippen LogP) is 5.14. The van der Waals surface area contributed by atoms with Gasteiger partial charge < -0.3 is 0 Å². The molecule has 23 heavy (non-hydrogen) atoms. The Morgan fingerprint density at radius 1 is 1.00 bits per heavy atom. The molecule has 1 nitrogen and oxygen atoms in total. The van der Waals surface area contributed by atoms with Gasteiger partial charge in [0, 0.05) is 21.3 Å². The Morgan fingerprint density at radius 3 is 2.26 bits per heavy atom. The quantitative estimate of drug-likeness (QED) is 0.642. The summed E-state index contributed by atoms with van der Waals surface area (Å²) < 4.78 is 25.1. The maximum atomic E-state index is 7.64. The minimum Gasteiger partial charge on any atom is -0.201 e. The highest BCUT2D eigenvalue weighted by Gasteiger charge is 2.39. The van der Waals surface area contributed by atoms with E-state index in [4.69, 9.17) is 4.11 Å². The number of aromatic nitrogens is 1. The third-order valence-corrected chi connectivity index (χ3v) is 5.61. The van der Waals surface area contributed by atoms with Crippen molar-refractivity contribution in [1.82, 2.24) is 0 Å². The molecule has 0 N–H and O–H groups in total. The lowest BCUT2D eigenvalue weighted by atomic mass is 9.63. The Bertz CT molecular complexity index is 860. The highest BCUT2D eigenvalue weighted by molar-refractivity contribution is 5.63. The van der Waals surface area contributed by atoms with Crippen LogP contribution in [0.15, 0.2) is 30.5 Å². The Balaban J connectivity index is 2.19. The molecule has 2 aromatic rings. The molecule has 1 heteroatoms. The zero-order chi connectivity index (χ0) is 19.5. The normalized spacial score (nSPS) is 21.0. The topological polar surface area (TPSA) is 3.88 Å². The molecule has 1 aromatic heterocycles. The average Bonchev–Trinajstić information content (AvgIpc) is 2.51. The fourth-order valence-electron chi connectivity index (χ4n) is 3.86. The smallest absolute Gasteiger partial charge is 0.201 e. The van der Waals surface area contributed by atoms with E-state index in [1.807, 2.05) is 13.0 Å². The molecular weight excluding hydrogens is 278 g/mol. The standard InChI is InChI=1S/C22H30N/c1-15-8-9-17(16(2)12-15)20-13-18-19(14-23(20)7)22(5,6)11-10-21(18,3)4/h8-9,12-14H,10-11H2,1-7H3/q+1/i1D3. The van der Waals surface area contributed by atoms with Crippen LogP contribution in [0.25, 0.3) is 11.3 Å². The largest absolute Gasteiger partial charge is 0.212 e. The second-order valence-electron chi connectivity index (χ2n) is 8.39. The van der Waals surface area contributed by atoms with E-state index in [9.17, 15) is 0 Å². The van der Waals surface area contributed by atoms with Gasteiger partial charge in [0.2, 0.25) is 5.69 Å². The molecule has 122 valence electrons. The first-order valence-corrected chi connectivity index (χ1v) is 8.49. The molecule has 0 unspecified atom stereocenters. The van der Waals surface area contributed by atoms with Crippen molar-refractivity contribution in [3.63, 3.8) is 0 Å². The number of pyridine rings is 1. The van der Waals surface area contributed by atoms with Gasteiger partial charge in [0.1, 0.15) is 7.05 Å². The molecule has 0 saturated heterocycles. The second-order valence-corrected chi connectivity index (χ2v) is 8.39. The fraction of sp³-hybridized carbons (Fsp3) is 0.500. The van der Waals surface area contributed by atoms with Crippen molar-refractivity contribution in [3.8, 4) is 11.3 Å². The van der Waals surface area contributed by atoms with E-state index >= 15 is 0 Å². The molecule has 0 amide bonds. The van der Waals surface area contributed by atoms with Gasteiger partial charge in [-0.3, -0.25) is 0 Å². The van der Waals surface area contributed by atoms with E-state index in [0.717, 1.165) is 16.8 Å². The van der Waals surface area contributed by atoms with Crippen molar-refractivity contribution in [2.45, 2.75) is 65.1 Å². The third kappa shape index (κ3) is 2.71. The molecule has 1 aromatic carbocycles. The molecule has 1 heterocycles. The van der Waals surface area contributed by atoms with Gasteiger partial charge in [0.25, 0.3) is 0 Å². The maximum Gasteiger partial charge on any atom is 0.212 e. The SMILES string of the molecule is [2H]C([2H])([2H])c1ccc(-c2cc3c(c[n+]2C)C(C)(C)CCC3(C)C)c(C)c1. The summed E-state index contributed by atoms with van der Waals surface area (Å²) in [5.74, 6) is 0. The predicted molar refractivity (Wildman–Crippen MR) is 97.8 cm³/mol. The molecule has 0 atom stereocenters. The lowest BCUT2D eigenvalue weighted by Crippen LogP contribution is -2.40. The molecule has 0 aliphatic heterocycles. The Kier molecular flexibility index (Phi) is 2.88. The molecule has 0 saturated carbocycles. The van der Waals surface area contributed by atoms with Crippen LogP contribution in [0.4, 0.5) is 0 Å². The Labute approximate surface area is 145 Å². The summed E-state index contributed by atoms with van der Waals surface area (Å²) in [6.07, 6.45) is 4.65. The molecule has 0 radical (unpaired) electrons. The molecule has 0 bridgehead atoms. The highest BCUT2D eigenvalue weighted by atomic mass is 14.9. The van der Waals surface area contributed by atoms with E-state index in [1.165, 1.54) is 24.0 Å². The van der Waals surface area contributed by atoms with Gasteiger partial charge in [0.05, 0.1) is 0 Å². The van der Waals surface area contributed by atoms with Crippen molar-refractivity contribution in [2.24, 2.45) is 7.05 Å². The van der Waals surface area contributed by atoms with Crippen LogP contribution in [-0.2, 0) is 17.9 Å². The third-order valence-electron chi connectivity index (χ3n) is 5.61. The lowest BCUT2D eigenvalue weighted by molar-refractivity contribution is -0.661. The zero-order valence-corrected chi connectivity index (χ0v) is 15.2. The van der Waals surface area contributed by atoms with Crippen LogP contribution >= 0.6 is 0 Å². The lowest BCUT2D eigenvalue weighted by Gasteiger charge is -2.40. The summed E-state index contributed by atoms with van der Waals surface area (Å²) in [5, 5.41) is 0. The summed E-state index contributed by atoms with van der Waals surface area (Å²) in [6.45, 7) is 9.26. The molecule has 1 aliphatic carbocycles. The van der Waals surface area contributed by atoms with Gasteiger partial charge in [-0.15, -0.1) is 0 Å². The van der Waals surface area contributed by atoms with Crippen LogP contribution in [0.2, 0.25) is 0 Å². The van der Waals surface area contributed by atoms with Crippen molar-refractivity contribution in [2.75, 3.05) is 0 Å². The number of benzene rings is 1. The second kappa shape index (κ2) is 5.19. The van der Waals surface area contributed by atoms with Crippen LogP contribution in [0.1, 0.15) is 66.9 Å². The van der Waals surface area contributed by atoms with Gasteiger partial charge in [-0.25, -0.2) is 4.57 Å². The number of fused-ring (bicyclic) bond motifs is 1. The Morgan fingerprint density at radius 2 is 1.65 bits per heavy atom. The number of hydrogen-bond acceptors (Lipinski definition) is 0. The van der Waals surface area contributed by atoms with Crippen LogP contribution in [0.5, 0.6) is 0 Å². The van der Waals surface area contributed by atoms with Gasteiger partial charge in [-0.2, -0.15) is 0 Å². The summed E-state index contributed by atoms with van der Waals surface area (Å²) >= 11 is 0. The van der Waals surface area contributed by atoms with E-state index in [2.05, 4.69) is 51.6 Å². The van der Waals surface area contributed by atoms with Gasteiger partial charge in [-0.1, -0.05) is 45.4 Å². The Hall–Kier alpha value is -1.63. The molecule has 0 spiro atoms. The van der Waals surface area contributed by atoms with Crippen molar-refractivity contribution in [3.05, 3.63) is 52.7 Å². The first-order valence-electron chi connectivity index (χ1n) is 9.99. The van der Waals surface area contributed by atoms with Crippen molar-refractivity contribution in [1.29, 1.82) is 0 Å². The minimum absolute atomic E-state index is 0.153. The van der Waals surface area contributed by atoms with Crippen LogP contribution in [0, 0.1) is 13.8 Å².